The predicted octanol–water partition coefficient (Wildman–Crippen LogP) is 4.33. The Morgan fingerprint density at radius 2 is 1.38 bits per heavy atom. The number of carbonyl (C=O) groups is 3. The molecular weight excluding hydrogens is 438 g/mol. The summed E-state index contributed by atoms with van der Waals surface area (Å²) >= 11 is 0. The number of carboxylic acid groups (broad SMARTS) is 1. The van der Waals surface area contributed by atoms with Crippen LogP contribution in [0.2, 0.25) is 0 Å². The van der Waals surface area contributed by atoms with Crippen LogP contribution in [0, 0.1) is 0 Å². The van der Waals surface area contributed by atoms with E-state index >= 15 is 0 Å². The van der Waals surface area contributed by atoms with E-state index < -0.39 is 39.6 Å². The van der Waals surface area contributed by atoms with Crippen molar-refractivity contribution in [2.24, 2.45) is 0 Å². The Morgan fingerprint density at radius 1 is 0.875 bits per heavy atom. The Morgan fingerprint density at radius 3 is 1.88 bits per heavy atom. The van der Waals surface area contributed by atoms with Gasteiger partial charge in [0.25, 0.3) is 16.0 Å². The molecule has 0 saturated carbocycles. The van der Waals surface area contributed by atoms with E-state index in [1.54, 1.807) is 5.48 Å². The first-order valence-electron chi connectivity index (χ1n) is 11.5. The summed E-state index contributed by atoms with van der Waals surface area (Å²) in [6.45, 7) is 2.22. The largest absolute Gasteiger partial charge is 0.481 e. The summed E-state index contributed by atoms with van der Waals surface area (Å²) in [6, 6.07) is 0. The van der Waals surface area contributed by atoms with Gasteiger partial charge in [0.05, 0.1) is 6.42 Å². The van der Waals surface area contributed by atoms with Crippen molar-refractivity contribution in [3.05, 3.63) is 12.2 Å². The summed E-state index contributed by atoms with van der Waals surface area (Å²) in [7, 11) is -4.96. The van der Waals surface area contributed by atoms with Crippen molar-refractivity contribution in [1.29, 1.82) is 0 Å². The van der Waals surface area contributed by atoms with Crippen LogP contribution in [0.1, 0.15) is 103 Å². The van der Waals surface area contributed by atoms with Crippen LogP contribution in [0.4, 0.5) is 0 Å². The second kappa shape index (κ2) is 18.6. The Balaban J connectivity index is 3.72. The summed E-state index contributed by atoms with van der Waals surface area (Å²) < 4.78 is 31.0. The zero-order valence-corrected chi connectivity index (χ0v) is 19.9. The van der Waals surface area contributed by atoms with Gasteiger partial charge in [0.2, 0.25) is 0 Å². The summed E-state index contributed by atoms with van der Waals surface area (Å²) in [5, 5.41) is 6.31. The lowest BCUT2D eigenvalue weighted by Crippen LogP contribution is -2.38. The summed E-state index contributed by atoms with van der Waals surface area (Å²) in [5.41, 5.74) is 1.79. The summed E-state index contributed by atoms with van der Waals surface area (Å²) in [4.78, 5) is 38.2. The monoisotopic (exact) mass is 477 g/mol. The van der Waals surface area contributed by atoms with Crippen molar-refractivity contribution >= 4 is 28.0 Å². The molecule has 0 aliphatic heterocycles. The number of nitrogens with one attached hydrogen (secondary N) is 1. The molecular formula is C22H39NO8S. The second-order valence-electron chi connectivity index (χ2n) is 7.88. The van der Waals surface area contributed by atoms with E-state index in [2.05, 4.69) is 23.9 Å². The van der Waals surface area contributed by atoms with Crippen molar-refractivity contribution in [2.75, 3.05) is 0 Å². The number of carbonyl (C=O) groups excluding carboxylic acids is 2. The molecule has 0 radical (unpaired) electrons. The average Bonchev–Trinajstić information content (AvgIpc) is 2.72. The topological polar surface area (TPSA) is 147 Å². The Kier molecular flexibility index (Phi) is 17.5. The van der Waals surface area contributed by atoms with Gasteiger partial charge in [-0.25, -0.2) is 4.79 Å². The van der Waals surface area contributed by atoms with Crippen molar-refractivity contribution in [3.8, 4) is 0 Å². The van der Waals surface area contributed by atoms with Gasteiger partial charge in [0.1, 0.15) is 0 Å². The van der Waals surface area contributed by atoms with Gasteiger partial charge in [-0.3, -0.25) is 14.1 Å². The van der Waals surface area contributed by atoms with Gasteiger partial charge in [-0.2, -0.15) is 13.9 Å². The number of carboxylic acids is 1. The Hall–Kier alpha value is -1.94. The van der Waals surface area contributed by atoms with Crippen molar-refractivity contribution < 1.29 is 37.3 Å². The molecule has 0 rings (SSSR count). The number of hydroxylamine groups is 1. The molecule has 0 aliphatic carbocycles. The predicted molar refractivity (Wildman–Crippen MR) is 121 cm³/mol. The molecule has 9 nitrogen and oxygen atoms in total. The first kappa shape index (κ1) is 30.1. The highest BCUT2D eigenvalue weighted by molar-refractivity contribution is 7.87. The van der Waals surface area contributed by atoms with E-state index in [0.29, 0.717) is 6.42 Å². The molecule has 0 aliphatic rings. The fourth-order valence-electron chi connectivity index (χ4n) is 3.05. The van der Waals surface area contributed by atoms with Crippen LogP contribution in [-0.2, 0) is 29.3 Å². The molecule has 0 bridgehead atoms. The van der Waals surface area contributed by atoms with Crippen LogP contribution in [0.3, 0.4) is 0 Å². The zero-order chi connectivity index (χ0) is 24.2. The maximum atomic E-state index is 11.7. The highest BCUT2D eigenvalue weighted by Gasteiger charge is 2.35. The number of hydrogen-bond acceptors (Lipinski definition) is 6. The normalized spacial score (nSPS) is 12.6. The molecule has 0 aromatic heterocycles. The molecule has 0 aromatic rings. The molecule has 1 atom stereocenters. The van der Waals surface area contributed by atoms with Crippen molar-refractivity contribution in [1.82, 2.24) is 5.48 Å². The molecule has 3 N–H and O–H groups in total. The van der Waals surface area contributed by atoms with E-state index in [0.717, 1.165) is 38.5 Å². The molecule has 0 spiro atoms. The minimum Gasteiger partial charge on any atom is -0.481 e. The van der Waals surface area contributed by atoms with Gasteiger partial charge >= 0.3 is 11.9 Å². The zero-order valence-electron chi connectivity index (χ0n) is 19.1. The fraction of sp³-hybridized carbons (Fsp3) is 0.773. The maximum Gasteiger partial charge on any atom is 0.353 e. The minimum absolute atomic E-state index is 0.0842. The maximum absolute atomic E-state index is 11.7. The molecule has 10 heteroatoms. The number of rotatable bonds is 19. The molecule has 0 fully saturated rings. The number of hydrogen-bond donors (Lipinski definition) is 3. The third-order valence-electron chi connectivity index (χ3n) is 4.91. The summed E-state index contributed by atoms with van der Waals surface area (Å²) in [6.07, 6.45) is 18.0. The molecule has 0 saturated heterocycles. The number of amides is 1. The average molecular weight is 478 g/mol. The molecule has 1 amide bonds. The van der Waals surface area contributed by atoms with E-state index in [1.165, 1.54) is 38.5 Å². The van der Waals surface area contributed by atoms with Crippen molar-refractivity contribution in [2.45, 2.75) is 108 Å². The van der Waals surface area contributed by atoms with Crippen LogP contribution in [0.15, 0.2) is 12.2 Å². The third-order valence-corrected chi connectivity index (χ3v) is 5.99. The van der Waals surface area contributed by atoms with Gasteiger partial charge in [0.15, 0.2) is 5.25 Å². The third kappa shape index (κ3) is 17.7. The quantitative estimate of drug-likeness (QED) is 0.108. The standard InChI is InChI=1S/C22H39NO8S/c1-2-3-4-5-6-7-8-9-10-11-12-13-14-15-16-17-20(24)23-31-22(27)19(18-21(25)26)32(28,29)30/h9-10,19H,2-8,11-18H2,1H3,(H,23,24)(H,25,26)(H,28,29,30). The smallest absolute Gasteiger partial charge is 0.353 e. The molecule has 0 aromatic carbocycles. The Bertz CT molecular complexity index is 675. The number of allylic oxidation sites excluding steroid dienone is 2. The second-order valence-corrected chi connectivity index (χ2v) is 9.48. The fourth-order valence-corrected chi connectivity index (χ4v) is 3.69. The van der Waals surface area contributed by atoms with E-state index in [1.807, 2.05) is 0 Å². The van der Waals surface area contributed by atoms with Gasteiger partial charge in [0, 0.05) is 6.42 Å². The lowest BCUT2D eigenvalue weighted by molar-refractivity contribution is -0.159. The Labute approximate surface area is 191 Å². The van der Waals surface area contributed by atoms with E-state index in [-0.39, 0.29) is 6.42 Å². The van der Waals surface area contributed by atoms with Crippen LogP contribution in [0.25, 0.3) is 0 Å². The highest BCUT2D eigenvalue weighted by Crippen LogP contribution is 2.10. The van der Waals surface area contributed by atoms with Gasteiger partial charge < -0.3 is 9.94 Å². The van der Waals surface area contributed by atoms with Gasteiger partial charge in [-0.1, -0.05) is 70.4 Å². The van der Waals surface area contributed by atoms with Crippen LogP contribution in [-0.4, -0.2) is 41.2 Å². The lowest BCUT2D eigenvalue weighted by Gasteiger charge is -2.11. The molecule has 186 valence electrons. The SMILES string of the molecule is CCCCCCCCC=CCCCCCCCC(=O)NOC(=O)C(CC(=O)O)S(=O)(=O)O. The number of unbranched alkanes of at least 4 members (excludes halogenated alkanes) is 11. The first-order chi connectivity index (χ1) is 15.2. The van der Waals surface area contributed by atoms with Crippen molar-refractivity contribution in [3.63, 3.8) is 0 Å². The number of aliphatic carboxylic acids is 1. The lowest BCUT2D eigenvalue weighted by atomic mass is 10.1. The van der Waals surface area contributed by atoms with Gasteiger partial charge in [-0.15, -0.1) is 0 Å². The molecule has 0 heterocycles. The van der Waals surface area contributed by atoms with E-state index in [9.17, 15) is 22.8 Å². The van der Waals surface area contributed by atoms with Gasteiger partial charge in [-0.05, 0) is 32.1 Å². The molecule has 32 heavy (non-hydrogen) atoms. The van der Waals surface area contributed by atoms with Crippen LogP contribution < -0.4 is 5.48 Å². The highest BCUT2D eigenvalue weighted by atomic mass is 32.2. The first-order valence-corrected chi connectivity index (χ1v) is 13.0. The van der Waals surface area contributed by atoms with Crippen LogP contribution >= 0.6 is 0 Å². The minimum atomic E-state index is -4.96. The van der Waals surface area contributed by atoms with E-state index in [4.69, 9.17) is 9.66 Å². The molecule has 1 unspecified atom stereocenters. The van der Waals surface area contributed by atoms with Crippen LogP contribution in [0.5, 0.6) is 0 Å². The summed E-state index contributed by atoms with van der Waals surface area (Å²) in [5.74, 6) is -3.78.